The molecule has 4 heteroatoms. The molecular weight excluding hydrogens is 398 g/mol. The average Bonchev–Trinajstić information content (AvgIpc) is 2.79. The molecule has 192 valence electrons. The third-order valence-corrected chi connectivity index (χ3v) is 6.62. The summed E-state index contributed by atoms with van der Waals surface area (Å²) in [6.07, 6.45) is 25.7. The first-order chi connectivity index (χ1) is 15.7. The van der Waals surface area contributed by atoms with Gasteiger partial charge in [-0.05, 0) is 12.8 Å². The fourth-order valence-corrected chi connectivity index (χ4v) is 4.36. The van der Waals surface area contributed by atoms with Gasteiger partial charge in [0.1, 0.15) is 0 Å². The third kappa shape index (κ3) is 21.2. The highest BCUT2D eigenvalue weighted by atomic mass is 16.3. The molecule has 1 amide bonds. The highest BCUT2D eigenvalue weighted by molar-refractivity contribution is 5.76. The molecular formula is C28H57NO3. The van der Waals surface area contributed by atoms with Crippen LogP contribution in [0.4, 0.5) is 0 Å². The lowest BCUT2D eigenvalue weighted by Gasteiger charge is -2.22. The molecule has 0 aliphatic carbocycles. The average molecular weight is 456 g/mol. The molecule has 0 rings (SSSR count). The number of hydrogen-bond acceptors (Lipinski definition) is 3. The summed E-state index contributed by atoms with van der Waals surface area (Å²) in [5.41, 5.74) is 0. The van der Waals surface area contributed by atoms with Crippen molar-refractivity contribution < 1.29 is 15.0 Å². The van der Waals surface area contributed by atoms with Crippen molar-refractivity contribution in [1.82, 2.24) is 5.32 Å². The minimum atomic E-state index is -0.648. The number of hydrogen-bond donors (Lipinski definition) is 3. The molecule has 2 atom stereocenters. The van der Waals surface area contributed by atoms with Crippen molar-refractivity contribution in [3.8, 4) is 0 Å². The van der Waals surface area contributed by atoms with Gasteiger partial charge in [0.2, 0.25) is 5.91 Å². The normalized spacial score (nSPS) is 13.2. The highest BCUT2D eigenvalue weighted by Gasteiger charge is 2.19. The number of amides is 1. The second-order valence-electron chi connectivity index (χ2n) is 9.83. The summed E-state index contributed by atoms with van der Waals surface area (Å²) in [5, 5.41) is 22.8. The zero-order valence-corrected chi connectivity index (χ0v) is 21.7. The van der Waals surface area contributed by atoms with Gasteiger partial charge in [-0.1, -0.05) is 136 Å². The summed E-state index contributed by atoms with van der Waals surface area (Å²) >= 11 is 0. The van der Waals surface area contributed by atoms with E-state index in [1.807, 2.05) is 0 Å². The Morgan fingerprint density at radius 3 is 1.41 bits per heavy atom. The van der Waals surface area contributed by atoms with Gasteiger partial charge in [-0.3, -0.25) is 4.79 Å². The molecule has 0 heterocycles. The van der Waals surface area contributed by atoms with Gasteiger partial charge in [-0.25, -0.2) is 0 Å². The summed E-state index contributed by atoms with van der Waals surface area (Å²) in [6, 6.07) is -0.524. The third-order valence-electron chi connectivity index (χ3n) is 6.62. The maximum atomic E-state index is 12.1. The SMILES string of the molecule is CCCCCCCCCCCCCCC(O)C(CO)NC(=O)CCCCCCCCCC. The molecule has 0 aliphatic heterocycles. The van der Waals surface area contributed by atoms with Crippen LogP contribution in [0.5, 0.6) is 0 Å². The molecule has 2 unspecified atom stereocenters. The molecule has 0 bridgehead atoms. The van der Waals surface area contributed by atoms with Gasteiger partial charge in [0, 0.05) is 6.42 Å². The Labute approximate surface area is 200 Å². The second-order valence-corrected chi connectivity index (χ2v) is 9.83. The summed E-state index contributed by atoms with van der Waals surface area (Å²) in [7, 11) is 0. The van der Waals surface area contributed by atoms with Crippen LogP contribution >= 0.6 is 0 Å². The lowest BCUT2D eigenvalue weighted by molar-refractivity contribution is -0.123. The summed E-state index contributed by atoms with van der Waals surface area (Å²) < 4.78 is 0. The van der Waals surface area contributed by atoms with E-state index >= 15 is 0 Å². The van der Waals surface area contributed by atoms with Crippen LogP contribution in [0.3, 0.4) is 0 Å². The van der Waals surface area contributed by atoms with E-state index < -0.39 is 12.1 Å². The van der Waals surface area contributed by atoms with Crippen LogP contribution < -0.4 is 5.32 Å². The van der Waals surface area contributed by atoms with Crippen molar-refractivity contribution in [2.45, 2.75) is 167 Å². The number of aliphatic hydroxyl groups is 2. The molecule has 0 saturated heterocycles. The Balaban J connectivity index is 3.60. The number of carbonyl (C=O) groups is 1. The monoisotopic (exact) mass is 455 g/mol. The van der Waals surface area contributed by atoms with E-state index in [1.54, 1.807) is 0 Å². The van der Waals surface area contributed by atoms with E-state index in [1.165, 1.54) is 103 Å². The Morgan fingerprint density at radius 2 is 1.00 bits per heavy atom. The van der Waals surface area contributed by atoms with E-state index in [0.29, 0.717) is 12.8 Å². The summed E-state index contributed by atoms with van der Waals surface area (Å²) in [5.74, 6) is -0.0382. The smallest absolute Gasteiger partial charge is 0.220 e. The molecule has 32 heavy (non-hydrogen) atoms. The minimum Gasteiger partial charge on any atom is -0.394 e. The molecule has 0 spiro atoms. The Bertz CT molecular complexity index is 389. The van der Waals surface area contributed by atoms with Gasteiger partial charge in [0.05, 0.1) is 18.8 Å². The molecule has 0 aromatic heterocycles. The van der Waals surface area contributed by atoms with Crippen molar-refractivity contribution in [1.29, 1.82) is 0 Å². The van der Waals surface area contributed by atoms with Crippen LogP contribution in [-0.2, 0) is 4.79 Å². The van der Waals surface area contributed by atoms with E-state index in [2.05, 4.69) is 19.2 Å². The minimum absolute atomic E-state index is 0.0382. The first-order valence-electron chi connectivity index (χ1n) is 14.2. The number of nitrogens with one attached hydrogen (secondary N) is 1. The molecule has 0 fully saturated rings. The standard InChI is InChI=1S/C28H57NO3/c1-3-5-7-9-11-13-14-15-16-17-19-21-23-27(31)26(25-30)29-28(32)24-22-20-18-12-10-8-6-4-2/h26-27,30-31H,3-25H2,1-2H3,(H,29,32). The zero-order chi connectivity index (χ0) is 23.7. The highest BCUT2D eigenvalue weighted by Crippen LogP contribution is 2.14. The Hall–Kier alpha value is -0.610. The summed E-state index contributed by atoms with van der Waals surface area (Å²) in [4.78, 5) is 12.1. The predicted octanol–water partition coefficient (Wildman–Crippen LogP) is 7.45. The van der Waals surface area contributed by atoms with E-state index in [0.717, 1.165) is 25.7 Å². The molecule has 0 aromatic carbocycles. The predicted molar refractivity (Wildman–Crippen MR) is 138 cm³/mol. The summed E-state index contributed by atoms with van der Waals surface area (Å²) in [6.45, 7) is 4.30. The van der Waals surface area contributed by atoms with Crippen LogP contribution in [0.25, 0.3) is 0 Å². The fraction of sp³-hybridized carbons (Fsp3) is 0.964. The van der Waals surface area contributed by atoms with Gasteiger partial charge < -0.3 is 15.5 Å². The van der Waals surface area contributed by atoms with Crippen molar-refractivity contribution >= 4 is 5.91 Å². The molecule has 4 nitrogen and oxygen atoms in total. The Morgan fingerprint density at radius 1 is 0.625 bits per heavy atom. The molecule has 0 radical (unpaired) electrons. The quantitative estimate of drug-likeness (QED) is 0.125. The van der Waals surface area contributed by atoms with Crippen molar-refractivity contribution in [3.05, 3.63) is 0 Å². The van der Waals surface area contributed by atoms with E-state index in [9.17, 15) is 15.0 Å². The van der Waals surface area contributed by atoms with Crippen molar-refractivity contribution in [3.63, 3.8) is 0 Å². The van der Waals surface area contributed by atoms with Crippen LogP contribution in [0, 0.1) is 0 Å². The number of unbranched alkanes of at least 4 members (excludes halogenated alkanes) is 18. The van der Waals surface area contributed by atoms with Crippen molar-refractivity contribution in [2.24, 2.45) is 0 Å². The van der Waals surface area contributed by atoms with Crippen LogP contribution in [0.15, 0.2) is 0 Å². The van der Waals surface area contributed by atoms with E-state index in [4.69, 9.17) is 0 Å². The first-order valence-corrected chi connectivity index (χ1v) is 14.2. The molecule has 0 aliphatic rings. The Kier molecular flexibility index (Phi) is 24.5. The van der Waals surface area contributed by atoms with Gasteiger partial charge in [0.15, 0.2) is 0 Å². The van der Waals surface area contributed by atoms with E-state index in [-0.39, 0.29) is 12.5 Å². The largest absolute Gasteiger partial charge is 0.394 e. The lowest BCUT2D eigenvalue weighted by atomic mass is 10.0. The number of aliphatic hydroxyl groups excluding tert-OH is 2. The van der Waals surface area contributed by atoms with Crippen molar-refractivity contribution in [2.75, 3.05) is 6.61 Å². The van der Waals surface area contributed by atoms with Crippen LogP contribution in [-0.4, -0.2) is 34.9 Å². The van der Waals surface area contributed by atoms with Gasteiger partial charge in [0.25, 0.3) is 0 Å². The molecule has 3 N–H and O–H groups in total. The van der Waals surface area contributed by atoms with Crippen LogP contribution in [0.1, 0.15) is 155 Å². The maximum absolute atomic E-state index is 12.1. The van der Waals surface area contributed by atoms with Crippen LogP contribution in [0.2, 0.25) is 0 Å². The first kappa shape index (κ1) is 31.4. The number of carbonyl (C=O) groups excluding carboxylic acids is 1. The topological polar surface area (TPSA) is 69.6 Å². The zero-order valence-electron chi connectivity index (χ0n) is 21.7. The fourth-order valence-electron chi connectivity index (χ4n) is 4.36. The second kappa shape index (κ2) is 25.0. The molecule has 0 aromatic rings. The van der Waals surface area contributed by atoms with Gasteiger partial charge >= 0.3 is 0 Å². The molecule has 0 saturated carbocycles. The van der Waals surface area contributed by atoms with Gasteiger partial charge in [-0.15, -0.1) is 0 Å². The lowest BCUT2D eigenvalue weighted by Crippen LogP contribution is -2.45. The number of rotatable bonds is 25. The van der Waals surface area contributed by atoms with Gasteiger partial charge in [-0.2, -0.15) is 0 Å². The maximum Gasteiger partial charge on any atom is 0.220 e.